The van der Waals surface area contributed by atoms with Crippen LogP contribution in [0.1, 0.15) is 58.4 Å². The number of benzene rings is 2. The fourth-order valence-electron chi connectivity index (χ4n) is 4.03. The molecule has 1 aromatic heterocycles. The number of aromatic nitrogens is 2. The Balaban J connectivity index is 1.68. The molecule has 168 valence electrons. The molecule has 0 unspecified atom stereocenters. The standard InChI is InChI=1S/C22H22F3N5O2/c23-22(24,25)18-9-5-4-8-16(18)21(32)30(26)15-10-13-12-27-29-19(13)17(11-15)20(31)28-14-6-2-1-3-7-14/h4-5,8-12,14H,1-3,6-7,26H2,(H,27,29)(H,28,31). The Morgan fingerprint density at radius 3 is 2.53 bits per heavy atom. The van der Waals surface area contributed by atoms with Crippen molar-refractivity contribution in [1.29, 1.82) is 0 Å². The van der Waals surface area contributed by atoms with E-state index in [2.05, 4.69) is 15.5 Å². The Hall–Kier alpha value is -3.40. The maximum Gasteiger partial charge on any atom is 0.417 e. The minimum Gasteiger partial charge on any atom is -0.349 e. The number of nitrogens with two attached hydrogens (primary N) is 1. The Morgan fingerprint density at radius 1 is 1.09 bits per heavy atom. The summed E-state index contributed by atoms with van der Waals surface area (Å²) in [7, 11) is 0. The predicted octanol–water partition coefficient (Wildman–Crippen LogP) is 4.16. The lowest BCUT2D eigenvalue weighted by Gasteiger charge is -2.23. The van der Waals surface area contributed by atoms with E-state index in [1.807, 2.05) is 0 Å². The van der Waals surface area contributed by atoms with Gasteiger partial charge in [-0.25, -0.2) is 10.9 Å². The van der Waals surface area contributed by atoms with Crippen LogP contribution in [-0.4, -0.2) is 28.1 Å². The van der Waals surface area contributed by atoms with Crippen molar-refractivity contribution in [3.63, 3.8) is 0 Å². The third-order valence-electron chi connectivity index (χ3n) is 5.68. The molecule has 1 saturated carbocycles. The van der Waals surface area contributed by atoms with Gasteiger partial charge in [-0.3, -0.25) is 14.7 Å². The average molecular weight is 445 g/mol. The van der Waals surface area contributed by atoms with E-state index in [-0.39, 0.29) is 23.2 Å². The molecule has 0 spiro atoms. The van der Waals surface area contributed by atoms with Crippen LogP contribution in [-0.2, 0) is 6.18 Å². The molecule has 2 amide bonds. The summed E-state index contributed by atoms with van der Waals surface area (Å²) in [6.07, 6.45) is 1.71. The van der Waals surface area contributed by atoms with Crippen LogP contribution in [0.15, 0.2) is 42.6 Å². The van der Waals surface area contributed by atoms with Crippen LogP contribution in [0, 0.1) is 0 Å². The molecule has 1 fully saturated rings. The van der Waals surface area contributed by atoms with Gasteiger partial charge in [0, 0.05) is 11.4 Å². The Kier molecular flexibility index (Phi) is 5.88. The van der Waals surface area contributed by atoms with Crippen molar-refractivity contribution in [3.05, 3.63) is 59.3 Å². The number of fused-ring (bicyclic) bond motifs is 1. The highest BCUT2D eigenvalue weighted by atomic mass is 19.4. The largest absolute Gasteiger partial charge is 0.417 e. The van der Waals surface area contributed by atoms with Gasteiger partial charge in [0.2, 0.25) is 0 Å². The summed E-state index contributed by atoms with van der Waals surface area (Å²) in [4.78, 5) is 25.8. The van der Waals surface area contributed by atoms with Crippen molar-refractivity contribution in [2.45, 2.75) is 44.3 Å². The number of nitrogens with one attached hydrogen (secondary N) is 2. The van der Waals surface area contributed by atoms with Gasteiger partial charge >= 0.3 is 6.18 Å². The number of H-pyrrole nitrogens is 1. The number of carbonyl (C=O) groups excluding carboxylic acids is 2. The van der Waals surface area contributed by atoms with Gasteiger partial charge in [0.25, 0.3) is 11.8 Å². The molecule has 3 aromatic rings. The van der Waals surface area contributed by atoms with E-state index in [1.54, 1.807) is 0 Å². The van der Waals surface area contributed by atoms with Gasteiger partial charge in [0.15, 0.2) is 0 Å². The minimum atomic E-state index is -4.72. The third kappa shape index (κ3) is 4.31. The first-order valence-electron chi connectivity index (χ1n) is 10.3. The second kappa shape index (κ2) is 8.62. The number of aromatic amines is 1. The second-order valence-corrected chi connectivity index (χ2v) is 7.85. The van der Waals surface area contributed by atoms with E-state index >= 15 is 0 Å². The predicted molar refractivity (Wildman–Crippen MR) is 113 cm³/mol. The third-order valence-corrected chi connectivity index (χ3v) is 5.68. The number of amides is 2. The zero-order valence-corrected chi connectivity index (χ0v) is 17.1. The SMILES string of the molecule is NN(C(=O)c1ccccc1C(F)(F)F)c1cc(C(=O)NC2CCCCC2)c2[nH]ncc2c1. The van der Waals surface area contributed by atoms with Crippen molar-refractivity contribution in [2.24, 2.45) is 5.84 Å². The number of hydrazine groups is 1. The summed E-state index contributed by atoms with van der Waals surface area (Å²) >= 11 is 0. The number of hydrogen-bond acceptors (Lipinski definition) is 4. The Labute approximate surface area is 181 Å². The molecule has 0 atom stereocenters. The lowest BCUT2D eigenvalue weighted by molar-refractivity contribution is -0.137. The Morgan fingerprint density at radius 2 is 1.81 bits per heavy atom. The highest BCUT2D eigenvalue weighted by molar-refractivity contribution is 6.11. The molecular formula is C22H22F3N5O2. The lowest BCUT2D eigenvalue weighted by Crippen LogP contribution is -2.39. The zero-order chi connectivity index (χ0) is 22.9. The first-order chi connectivity index (χ1) is 15.3. The summed E-state index contributed by atoms with van der Waals surface area (Å²) in [5.74, 6) is 4.55. The van der Waals surface area contributed by atoms with Crippen molar-refractivity contribution < 1.29 is 22.8 Å². The molecular weight excluding hydrogens is 423 g/mol. The monoisotopic (exact) mass is 445 g/mol. The van der Waals surface area contributed by atoms with E-state index in [1.165, 1.54) is 30.5 Å². The molecule has 1 aliphatic carbocycles. The van der Waals surface area contributed by atoms with Crippen LogP contribution in [0.4, 0.5) is 18.9 Å². The summed E-state index contributed by atoms with van der Waals surface area (Å²) in [6.45, 7) is 0. The number of alkyl halides is 3. The van der Waals surface area contributed by atoms with E-state index in [4.69, 9.17) is 5.84 Å². The topological polar surface area (TPSA) is 104 Å². The molecule has 10 heteroatoms. The minimum absolute atomic E-state index is 0.0483. The highest BCUT2D eigenvalue weighted by Gasteiger charge is 2.36. The van der Waals surface area contributed by atoms with Gasteiger partial charge in [-0.2, -0.15) is 18.3 Å². The Bertz CT molecular complexity index is 1150. The second-order valence-electron chi connectivity index (χ2n) is 7.85. The van der Waals surface area contributed by atoms with Crippen LogP contribution in [0.2, 0.25) is 0 Å². The number of carbonyl (C=O) groups is 2. The van der Waals surface area contributed by atoms with E-state index in [9.17, 15) is 22.8 Å². The molecule has 0 aliphatic heterocycles. The number of rotatable bonds is 4. The van der Waals surface area contributed by atoms with Crippen molar-refractivity contribution in [2.75, 3.05) is 5.01 Å². The van der Waals surface area contributed by atoms with E-state index in [0.717, 1.165) is 44.2 Å². The molecule has 4 N–H and O–H groups in total. The average Bonchev–Trinajstić information content (AvgIpc) is 3.26. The summed E-state index contributed by atoms with van der Waals surface area (Å²) in [5, 5.41) is 10.8. The van der Waals surface area contributed by atoms with E-state index < -0.39 is 23.2 Å². The lowest BCUT2D eigenvalue weighted by atomic mass is 9.95. The van der Waals surface area contributed by atoms with Gasteiger partial charge in [-0.1, -0.05) is 31.4 Å². The van der Waals surface area contributed by atoms with Gasteiger partial charge in [0.05, 0.1) is 34.1 Å². The summed E-state index contributed by atoms with van der Waals surface area (Å²) in [6, 6.07) is 7.34. The van der Waals surface area contributed by atoms with Crippen LogP contribution >= 0.6 is 0 Å². The summed E-state index contributed by atoms with van der Waals surface area (Å²) < 4.78 is 40.1. The smallest absolute Gasteiger partial charge is 0.349 e. The first kappa shape index (κ1) is 21.8. The van der Waals surface area contributed by atoms with Gasteiger partial charge in [-0.05, 0) is 37.1 Å². The molecule has 7 nitrogen and oxygen atoms in total. The van der Waals surface area contributed by atoms with Crippen LogP contribution < -0.4 is 16.2 Å². The molecule has 4 rings (SSSR count). The van der Waals surface area contributed by atoms with Gasteiger partial charge < -0.3 is 5.32 Å². The van der Waals surface area contributed by atoms with Gasteiger partial charge in [-0.15, -0.1) is 0 Å². The zero-order valence-electron chi connectivity index (χ0n) is 17.1. The maximum atomic E-state index is 13.4. The van der Waals surface area contributed by atoms with Gasteiger partial charge in [0.1, 0.15) is 0 Å². The van der Waals surface area contributed by atoms with Crippen LogP contribution in [0.25, 0.3) is 10.9 Å². The molecule has 0 saturated heterocycles. The van der Waals surface area contributed by atoms with Crippen molar-refractivity contribution >= 4 is 28.4 Å². The van der Waals surface area contributed by atoms with Crippen LogP contribution in [0.3, 0.4) is 0 Å². The molecule has 1 heterocycles. The molecule has 0 radical (unpaired) electrons. The maximum absolute atomic E-state index is 13.4. The molecule has 32 heavy (non-hydrogen) atoms. The van der Waals surface area contributed by atoms with Crippen molar-refractivity contribution in [1.82, 2.24) is 15.5 Å². The fraction of sp³-hybridized carbons (Fsp3) is 0.318. The number of anilines is 1. The normalized spacial score (nSPS) is 15.0. The number of hydrogen-bond donors (Lipinski definition) is 3. The van der Waals surface area contributed by atoms with E-state index in [0.29, 0.717) is 15.9 Å². The fourth-order valence-corrected chi connectivity index (χ4v) is 4.03. The first-order valence-corrected chi connectivity index (χ1v) is 10.3. The van der Waals surface area contributed by atoms with Crippen LogP contribution in [0.5, 0.6) is 0 Å². The van der Waals surface area contributed by atoms with Crippen molar-refractivity contribution in [3.8, 4) is 0 Å². The summed E-state index contributed by atoms with van der Waals surface area (Å²) in [5.41, 5.74) is -0.913. The number of halogens is 3. The molecule has 2 aromatic carbocycles. The molecule has 0 bridgehead atoms. The quantitative estimate of drug-likeness (QED) is 0.319. The number of nitrogens with zero attached hydrogens (tertiary/aromatic N) is 2. The highest BCUT2D eigenvalue weighted by Crippen LogP contribution is 2.33. The molecule has 1 aliphatic rings.